The first kappa shape index (κ1) is 15.5. The maximum absolute atomic E-state index is 13.9. The van der Waals surface area contributed by atoms with E-state index in [1.165, 1.54) is 18.6 Å². The third kappa shape index (κ3) is 3.58. The number of Topliss-reactive ketones (excluding diaryl/α,β-unsaturated/α-hetero) is 1. The van der Waals surface area contributed by atoms with Crippen molar-refractivity contribution < 1.29 is 13.9 Å². The summed E-state index contributed by atoms with van der Waals surface area (Å²) >= 11 is 5.73. The van der Waals surface area contributed by atoms with Crippen molar-refractivity contribution in [2.24, 2.45) is 5.92 Å². The molecule has 0 aliphatic heterocycles. The number of carbonyl (C=O) groups is 1. The van der Waals surface area contributed by atoms with E-state index in [-0.39, 0.29) is 17.3 Å². The summed E-state index contributed by atoms with van der Waals surface area (Å²) in [5.74, 6) is -0.623. The molecule has 1 fully saturated rings. The predicted octanol–water partition coefficient (Wildman–Crippen LogP) is 4.65. The molecule has 1 atom stereocenters. The van der Waals surface area contributed by atoms with Crippen LogP contribution in [-0.2, 0) is 4.74 Å². The highest BCUT2D eigenvalue weighted by Crippen LogP contribution is 2.30. The first-order chi connectivity index (χ1) is 9.63. The molecule has 0 radical (unpaired) electrons. The second-order valence-electron chi connectivity index (χ2n) is 5.26. The molecule has 0 aromatic heterocycles. The van der Waals surface area contributed by atoms with Crippen LogP contribution in [0.3, 0.4) is 0 Å². The van der Waals surface area contributed by atoms with Crippen LogP contribution >= 0.6 is 11.6 Å². The lowest BCUT2D eigenvalue weighted by atomic mass is 9.82. The van der Waals surface area contributed by atoms with Crippen molar-refractivity contribution in [3.8, 4) is 0 Å². The van der Waals surface area contributed by atoms with Gasteiger partial charge >= 0.3 is 0 Å². The van der Waals surface area contributed by atoms with Crippen LogP contribution in [-0.4, -0.2) is 18.5 Å². The summed E-state index contributed by atoms with van der Waals surface area (Å²) in [5, 5.41) is 0.296. The molecule has 2 nitrogen and oxygen atoms in total. The molecule has 1 aromatic rings. The van der Waals surface area contributed by atoms with Gasteiger partial charge in [0.25, 0.3) is 0 Å². The fraction of sp³-hybridized carbons (Fsp3) is 0.562. The molecule has 1 unspecified atom stereocenters. The monoisotopic (exact) mass is 298 g/mol. The zero-order chi connectivity index (χ0) is 14.5. The van der Waals surface area contributed by atoms with Crippen molar-refractivity contribution in [1.29, 1.82) is 0 Å². The summed E-state index contributed by atoms with van der Waals surface area (Å²) < 4.78 is 19.5. The number of halogens is 2. The fourth-order valence-electron chi connectivity index (χ4n) is 2.88. The molecule has 1 aromatic carbocycles. The van der Waals surface area contributed by atoms with Crippen molar-refractivity contribution in [2.75, 3.05) is 6.61 Å². The van der Waals surface area contributed by atoms with Gasteiger partial charge in [0.1, 0.15) is 11.9 Å². The Hall–Kier alpha value is -0.930. The quantitative estimate of drug-likeness (QED) is 0.740. The molecule has 0 heterocycles. The molecule has 4 heteroatoms. The van der Waals surface area contributed by atoms with Crippen LogP contribution in [0.1, 0.15) is 49.4 Å². The summed E-state index contributed by atoms with van der Waals surface area (Å²) in [6.45, 7) is 2.32. The maximum atomic E-state index is 13.9. The summed E-state index contributed by atoms with van der Waals surface area (Å²) in [7, 11) is 0. The largest absolute Gasteiger partial charge is 0.370 e. The van der Waals surface area contributed by atoms with E-state index >= 15 is 0 Å². The highest BCUT2D eigenvalue weighted by Gasteiger charge is 2.32. The van der Waals surface area contributed by atoms with Crippen LogP contribution in [0.4, 0.5) is 4.39 Å². The second kappa shape index (κ2) is 7.19. The van der Waals surface area contributed by atoms with Crippen LogP contribution in [0.25, 0.3) is 0 Å². The van der Waals surface area contributed by atoms with Crippen molar-refractivity contribution >= 4 is 17.4 Å². The topological polar surface area (TPSA) is 26.3 Å². The smallest absolute Gasteiger partial charge is 0.194 e. The predicted molar refractivity (Wildman–Crippen MR) is 77.7 cm³/mol. The average molecular weight is 299 g/mol. The van der Waals surface area contributed by atoms with E-state index in [2.05, 4.69) is 0 Å². The van der Waals surface area contributed by atoms with E-state index in [1.54, 1.807) is 6.07 Å². The number of ether oxygens (including phenoxy) is 1. The van der Waals surface area contributed by atoms with Crippen molar-refractivity contribution in [3.05, 3.63) is 34.6 Å². The van der Waals surface area contributed by atoms with Crippen LogP contribution in [0.2, 0.25) is 5.02 Å². The minimum absolute atomic E-state index is 0.0819. The Labute approximate surface area is 124 Å². The van der Waals surface area contributed by atoms with Gasteiger partial charge in [-0.15, -0.1) is 0 Å². The van der Waals surface area contributed by atoms with E-state index in [1.807, 2.05) is 6.92 Å². The third-order valence-electron chi connectivity index (χ3n) is 3.88. The van der Waals surface area contributed by atoms with Gasteiger partial charge in [0.15, 0.2) is 5.78 Å². The van der Waals surface area contributed by atoms with Gasteiger partial charge in [0.2, 0.25) is 0 Å². The lowest BCUT2D eigenvalue weighted by Gasteiger charge is -2.29. The maximum Gasteiger partial charge on any atom is 0.194 e. The van der Waals surface area contributed by atoms with Gasteiger partial charge in [0.05, 0.1) is 5.56 Å². The Bertz CT molecular complexity index is 470. The lowest BCUT2D eigenvalue weighted by molar-refractivity contribution is 0.0124. The summed E-state index contributed by atoms with van der Waals surface area (Å²) in [5.41, 5.74) is 0.0819. The molecular formula is C16H20ClFO2. The van der Waals surface area contributed by atoms with Crippen LogP contribution < -0.4 is 0 Å². The average Bonchev–Trinajstić information content (AvgIpc) is 2.45. The number of rotatable bonds is 5. The number of benzene rings is 1. The third-order valence-corrected chi connectivity index (χ3v) is 4.11. The van der Waals surface area contributed by atoms with Crippen LogP contribution in [0.15, 0.2) is 18.2 Å². The Morgan fingerprint density at radius 1 is 1.40 bits per heavy atom. The highest BCUT2D eigenvalue weighted by atomic mass is 35.5. The fourth-order valence-corrected chi connectivity index (χ4v) is 3.04. The minimum Gasteiger partial charge on any atom is -0.370 e. The number of hydrogen-bond donors (Lipinski definition) is 0. The lowest BCUT2D eigenvalue weighted by Crippen LogP contribution is -2.34. The van der Waals surface area contributed by atoms with Crippen LogP contribution in [0.5, 0.6) is 0 Å². The number of carbonyl (C=O) groups excluding carboxylic acids is 1. The Morgan fingerprint density at radius 2 is 2.10 bits per heavy atom. The van der Waals surface area contributed by atoms with E-state index in [0.29, 0.717) is 11.6 Å². The van der Waals surface area contributed by atoms with Crippen molar-refractivity contribution in [2.45, 2.75) is 45.1 Å². The van der Waals surface area contributed by atoms with E-state index < -0.39 is 11.9 Å². The summed E-state index contributed by atoms with van der Waals surface area (Å²) in [6, 6.07) is 4.18. The van der Waals surface area contributed by atoms with Gasteiger partial charge in [-0.25, -0.2) is 4.39 Å². The Kier molecular flexibility index (Phi) is 5.55. The molecule has 0 N–H and O–H groups in total. The highest BCUT2D eigenvalue weighted by molar-refractivity contribution is 6.30. The van der Waals surface area contributed by atoms with E-state index in [0.717, 1.165) is 25.7 Å². The SMILES string of the molecule is CCOC(C(=O)c1ccc(Cl)cc1F)C1CCCCC1. The van der Waals surface area contributed by atoms with Gasteiger partial charge in [-0.05, 0) is 43.9 Å². The molecule has 0 bridgehead atoms. The molecule has 1 saturated carbocycles. The van der Waals surface area contributed by atoms with Crippen molar-refractivity contribution in [1.82, 2.24) is 0 Å². The minimum atomic E-state index is -0.567. The van der Waals surface area contributed by atoms with Gasteiger partial charge in [-0.3, -0.25) is 4.79 Å². The molecule has 20 heavy (non-hydrogen) atoms. The normalized spacial score (nSPS) is 17.9. The molecule has 0 saturated heterocycles. The zero-order valence-corrected chi connectivity index (χ0v) is 12.5. The molecule has 0 spiro atoms. The number of hydrogen-bond acceptors (Lipinski definition) is 2. The summed E-state index contributed by atoms with van der Waals surface area (Å²) in [6.07, 6.45) is 4.86. The van der Waals surface area contributed by atoms with Gasteiger partial charge < -0.3 is 4.74 Å². The van der Waals surface area contributed by atoms with Gasteiger partial charge in [-0.2, -0.15) is 0 Å². The van der Waals surface area contributed by atoms with Crippen LogP contribution in [0, 0.1) is 11.7 Å². The van der Waals surface area contributed by atoms with E-state index in [9.17, 15) is 9.18 Å². The van der Waals surface area contributed by atoms with Crippen molar-refractivity contribution in [3.63, 3.8) is 0 Å². The Balaban J connectivity index is 2.21. The Morgan fingerprint density at radius 3 is 2.70 bits per heavy atom. The summed E-state index contributed by atoms with van der Waals surface area (Å²) in [4.78, 5) is 12.6. The first-order valence-corrected chi connectivity index (χ1v) is 7.62. The first-order valence-electron chi connectivity index (χ1n) is 7.24. The molecule has 2 rings (SSSR count). The van der Waals surface area contributed by atoms with E-state index in [4.69, 9.17) is 16.3 Å². The van der Waals surface area contributed by atoms with Gasteiger partial charge in [-0.1, -0.05) is 30.9 Å². The second-order valence-corrected chi connectivity index (χ2v) is 5.70. The molecule has 1 aliphatic carbocycles. The molecule has 110 valence electrons. The number of ketones is 1. The van der Waals surface area contributed by atoms with Gasteiger partial charge in [0, 0.05) is 11.6 Å². The molecular weight excluding hydrogens is 279 g/mol. The molecule has 1 aliphatic rings. The molecule has 0 amide bonds. The standard InChI is InChI=1S/C16H20ClFO2/c1-2-20-16(11-6-4-3-5-7-11)15(19)13-9-8-12(17)10-14(13)18/h8-11,16H,2-7H2,1H3. The zero-order valence-electron chi connectivity index (χ0n) is 11.7.